The SMILES string of the molecule is Cc1cccc(C(=O)N(C)C[C@@]2(O)CCN(c3ncccn3)C2)n1. The van der Waals surface area contributed by atoms with Crippen molar-refractivity contribution in [3.63, 3.8) is 0 Å². The molecule has 2 aromatic heterocycles. The molecule has 1 aliphatic rings. The minimum Gasteiger partial charge on any atom is -0.386 e. The lowest BCUT2D eigenvalue weighted by Crippen LogP contribution is -2.46. The standard InChI is InChI=1S/C17H21N5O2/c1-13-5-3-6-14(20-13)15(23)21(2)11-17(24)7-10-22(12-17)16-18-8-4-9-19-16/h3-6,8-9,24H,7,10-12H2,1-2H3/t17-/m0/s1. The molecule has 1 fully saturated rings. The zero-order chi connectivity index (χ0) is 17.2. The van der Waals surface area contributed by atoms with E-state index in [9.17, 15) is 9.90 Å². The number of hydrogen-bond acceptors (Lipinski definition) is 6. The Morgan fingerprint density at radius 1 is 1.33 bits per heavy atom. The maximum Gasteiger partial charge on any atom is 0.272 e. The van der Waals surface area contributed by atoms with Crippen LogP contribution in [0, 0.1) is 6.92 Å². The van der Waals surface area contributed by atoms with E-state index in [2.05, 4.69) is 15.0 Å². The maximum atomic E-state index is 12.5. The van der Waals surface area contributed by atoms with E-state index >= 15 is 0 Å². The summed E-state index contributed by atoms with van der Waals surface area (Å²) in [4.78, 5) is 28.6. The largest absolute Gasteiger partial charge is 0.386 e. The lowest BCUT2D eigenvalue weighted by molar-refractivity contribution is 0.0261. The van der Waals surface area contributed by atoms with Crippen molar-refractivity contribution in [2.75, 3.05) is 31.6 Å². The molecule has 0 saturated carbocycles. The van der Waals surface area contributed by atoms with E-state index in [1.165, 1.54) is 4.90 Å². The number of aryl methyl sites for hydroxylation is 1. The van der Waals surface area contributed by atoms with Crippen molar-refractivity contribution in [1.29, 1.82) is 0 Å². The van der Waals surface area contributed by atoms with Gasteiger partial charge < -0.3 is 14.9 Å². The lowest BCUT2D eigenvalue weighted by Gasteiger charge is -2.28. The van der Waals surface area contributed by atoms with Gasteiger partial charge in [0.25, 0.3) is 5.91 Å². The second-order valence-corrected chi connectivity index (χ2v) is 6.27. The molecular weight excluding hydrogens is 306 g/mol. The van der Waals surface area contributed by atoms with Crippen molar-refractivity contribution in [2.24, 2.45) is 0 Å². The van der Waals surface area contributed by atoms with Crippen molar-refractivity contribution in [1.82, 2.24) is 19.9 Å². The molecule has 1 N–H and O–H groups in total. The van der Waals surface area contributed by atoms with Gasteiger partial charge in [-0.1, -0.05) is 6.07 Å². The number of rotatable bonds is 4. The third kappa shape index (κ3) is 3.51. The molecule has 0 radical (unpaired) electrons. The van der Waals surface area contributed by atoms with E-state index in [0.29, 0.717) is 31.2 Å². The van der Waals surface area contributed by atoms with Crippen molar-refractivity contribution >= 4 is 11.9 Å². The monoisotopic (exact) mass is 327 g/mol. The van der Waals surface area contributed by atoms with Crippen LogP contribution in [0.2, 0.25) is 0 Å². The zero-order valence-electron chi connectivity index (χ0n) is 13.9. The van der Waals surface area contributed by atoms with Crippen LogP contribution in [0.5, 0.6) is 0 Å². The molecular formula is C17H21N5O2. The third-order valence-corrected chi connectivity index (χ3v) is 4.15. The fourth-order valence-corrected chi connectivity index (χ4v) is 2.98. The second kappa shape index (κ2) is 6.52. The Morgan fingerprint density at radius 2 is 2.08 bits per heavy atom. The molecule has 0 bridgehead atoms. The van der Waals surface area contributed by atoms with E-state index in [0.717, 1.165) is 5.69 Å². The van der Waals surface area contributed by atoms with E-state index in [-0.39, 0.29) is 12.5 Å². The maximum absolute atomic E-state index is 12.5. The minimum absolute atomic E-state index is 0.193. The van der Waals surface area contributed by atoms with Crippen molar-refractivity contribution in [3.8, 4) is 0 Å². The summed E-state index contributed by atoms with van der Waals surface area (Å²) in [6, 6.07) is 7.10. The quantitative estimate of drug-likeness (QED) is 0.898. The Balaban J connectivity index is 1.66. The normalized spacial score (nSPS) is 20.2. The molecule has 0 aliphatic carbocycles. The van der Waals surface area contributed by atoms with Crippen LogP contribution in [0.4, 0.5) is 5.95 Å². The number of hydrogen-bond donors (Lipinski definition) is 1. The van der Waals surface area contributed by atoms with Gasteiger partial charge in [0, 0.05) is 31.7 Å². The summed E-state index contributed by atoms with van der Waals surface area (Å²) in [5, 5.41) is 10.8. The average molecular weight is 327 g/mol. The van der Waals surface area contributed by atoms with Crippen LogP contribution in [0.3, 0.4) is 0 Å². The average Bonchev–Trinajstić information content (AvgIpc) is 2.97. The predicted molar refractivity (Wildman–Crippen MR) is 89.7 cm³/mol. The van der Waals surface area contributed by atoms with Gasteiger partial charge in [-0.05, 0) is 31.5 Å². The number of carbonyl (C=O) groups is 1. The minimum atomic E-state index is -0.979. The van der Waals surface area contributed by atoms with Gasteiger partial charge in [-0.25, -0.2) is 15.0 Å². The number of aliphatic hydroxyl groups is 1. The van der Waals surface area contributed by atoms with Gasteiger partial charge in [0.1, 0.15) is 11.3 Å². The smallest absolute Gasteiger partial charge is 0.272 e. The molecule has 126 valence electrons. The summed E-state index contributed by atoms with van der Waals surface area (Å²) in [6.07, 6.45) is 3.92. The molecule has 3 rings (SSSR count). The van der Waals surface area contributed by atoms with Crippen molar-refractivity contribution < 1.29 is 9.90 Å². The first-order valence-electron chi connectivity index (χ1n) is 7.90. The van der Waals surface area contributed by atoms with E-state index in [4.69, 9.17) is 0 Å². The molecule has 0 unspecified atom stereocenters. The summed E-state index contributed by atoms with van der Waals surface area (Å²) in [7, 11) is 1.69. The zero-order valence-corrected chi connectivity index (χ0v) is 13.9. The van der Waals surface area contributed by atoms with Crippen LogP contribution < -0.4 is 4.90 Å². The first-order chi connectivity index (χ1) is 11.5. The number of nitrogens with zero attached hydrogens (tertiary/aromatic N) is 5. The highest BCUT2D eigenvalue weighted by molar-refractivity contribution is 5.92. The van der Waals surface area contributed by atoms with Crippen LogP contribution in [-0.2, 0) is 0 Å². The molecule has 0 spiro atoms. The summed E-state index contributed by atoms with van der Waals surface area (Å²) < 4.78 is 0. The summed E-state index contributed by atoms with van der Waals surface area (Å²) in [6.45, 7) is 3.14. The Labute approximate surface area is 141 Å². The molecule has 3 heterocycles. The van der Waals surface area contributed by atoms with Crippen molar-refractivity contribution in [3.05, 3.63) is 48.0 Å². The van der Waals surface area contributed by atoms with Crippen LogP contribution in [0.25, 0.3) is 0 Å². The molecule has 0 aromatic carbocycles. The number of aromatic nitrogens is 3. The van der Waals surface area contributed by atoms with E-state index < -0.39 is 5.60 Å². The van der Waals surface area contributed by atoms with Crippen LogP contribution in [-0.4, -0.2) is 63.1 Å². The predicted octanol–water partition coefficient (Wildman–Crippen LogP) is 0.893. The highest BCUT2D eigenvalue weighted by atomic mass is 16.3. The summed E-state index contributed by atoms with van der Waals surface area (Å²) in [5.74, 6) is 0.407. The lowest BCUT2D eigenvalue weighted by atomic mass is 10.0. The topological polar surface area (TPSA) is 82.5 Å². The highest BCUT2D eigenvalue weighted by Gasteiger charge is 2.39. The van der Waals surface area contributed by atoms with E-state index in [1.54, 1.807) is 31.6 Å². The Morgan fingerprint density at radius 3 is 2.79 bits per heavy atom. The Hall–Kier alpha value is -2.54. The van der Waals surface area contributed by atoms with Gasteiger partial charge in [-0.15, -0.1) is 0 Å². The van der Waals surface area contributed by atoms with Crippen LogP contribution >= 0.6 is 0 Å². The highest BCUT2D eigenvalue weighted by Crippen LogP contribution is 2.25. The molecule has 1 amide bonds. The van der Waals surface area contributed by atoms with Gasteiger partial charge in [0.2, 0.25) is 5.95 Å². The van der Waals surface area contributed by atoms with Gasteiger partial charge in [-0.2, -0.15) is 0 Å². The van der Waals surface area contributed by atoms with Gasteiger partial charge in [0.15, 0.2) is 0 Å². The first kappa shape index (κ1) is 16.3. The molecule has 2 aromatic rings. The van der Waals surface area contributed by atoms with Crippen LogP contribution in [0.15, 0.2) is 36.7 Å². The number of carbonyl (C=O) groups excluding carboxylic acids is 1. The first-order valence-corrected chi connectivity index (χ1v) is 7.90. The third-order valence-electron chi connectivity index (χ3n) is 4.15. The number of anilines is 1. The van der Waals surface area contributed by atoms with Crippen LogP contribution in [0.1, 0.15) is 22.6 Å². The second-order valence-electron chi connectivity index (χ2n) is 6.27. The molecule has 1 aliphatic heterocycles. The molecule has 24 heavy (non-hydrogen) atoms. The van der Waals surface area contributed by atoms with Gasteiger partial charge in [0.05, 0.1) is 13.1 Å². The fraction of sp³-hybridized carbons (Fsp3) is 0.412. The summed E-state index contributed by atoms with van der Waals surface area (Å²) in [5.41, 5.74) is 0.205. The Bertz CT molecular complexity index is 724. The summed E-state index contributed by atoms with van der Waals surface area (Å²) >= 11 is 0. The number of β-amino-alcohol motifs (C(OH)–C–C–N with tert-alkyl or cyclic N) is 1. The molecule has 1 atom stereocenters. The van der Waals surface area contributed by atoms with Gasteiger partial charge >= 0.3 is 0 Å². The number of likely N-dealkylation sites (N-methyl/N-ethyl adjacent to an activating group) is 1. The number of pyridine rings is 1. The van der Waals surface area contributed by atoms with Crippen molar-refractivity contribution in [2.45, 2.75) is 18.9 Å². The van der Waals surface area contributed by atoms with E-state index in [1.807, 2.05) is 24.0 Å². The molecule has 1 saturated heterocycles. The molecule has 7 nitrogen and oxygen atoms in total. The molecule has 7 heteroatoms. The Kier molecular flexibility index (Phi) is 4.44. The van der Waals surface area contributed by atoms with Gasteiger partial charge in [-0.3, -0.25) is 4.79 Å². The fourth-order valence-electron chi connectivity index (χ4n) is 2.98. The number of amides is 1.